The third kappa shape index (κ3) is 2.28. The molecule has 0 N–H and O–H groups in total. The minimum absolute atomic E-state index is 0.154. The first-order valence-electron chi connectivity index (χ1n) is 10.8. The smallest absolute Gasteiger partial charge is 0.245 e. The largest absolute Gasteiger partial charge is 0.493 e. The maximum atomic E-state index is 13.9. The molecule has 0 bridgehead atoms. The predicted octanol–water partition coefficient (Wildman–Crippen LogP) is 3.26. The summed E-state index contributed by atoms with van der Waals surface area (Å²) in [5, 5.41) is 0. The lowest BCUT2D eigenvalue weighted by Gasteiger charge is -2.25. The number of rotatable bonds is 3. The summed E-state index contributed by atoms with van der Waals surface area (Å²) in [6.07, 6.45) is 3.42. The van der Waals surface area contributed by atoms with Gasteiger partial charge in [-0.15, -0.1) is 0 Å². The summed E-state index contributed by atoms with van der Waals surface area (Å²) in [7, 11) is 0. The highest BCUT2D eigenvalue weighted by Crippen LogP contribution is 2.55. The second-order valence-corrected chi connectivity index (χ2v) is 8.59. The number of benzene rings is 2. The molecule has 1 amide bonds. The molecule has 2 aromatic rings. The van der Waals surface area contributed by atoms with Crippen molar-refractivity contribution in [3.05, 3.63) is 52.6 Å². The van der Waals surface area contributed by atoms with Gasteiger partial charge in [0.15, 0.2) is 0 Å². The van der Waals surface area contributed by atoms with Gasteiger partial charge in [-0.25, -0.2) is 0 Å². The van der Waals surface area contributed by atoms with Crippen molar-refractivity contribution in [2.24, 2.45) is 0 Å². The number of fused-ring (bicyclic) bond motifs is 5. The molecule has 29 heavy (non-hydrogen) atoms. The molecule has 1 saturated heterocycles. The van der Waals surface area contributed by atoms with E-state index in [1.165, 1.54) is 24.0 Å². The van der Waals surface area contributed by atoms with Crippen molar-refractivity contribution >= 4 is 11.6 Å². The first-order valence-corrected chi connectivity index (χ1v) is 10.8. The summed E-state index contributed by atoms with van der Waals surface area (Å²) in [6, 6.07) is 10.6. The van der Waals surface area contributed by atoms with Crippen molar-refractivity contribution in [2.45, 2.75) is 38.1 Å². The zero-order chi connectivity index (χ0) is 19.6. The number of carbonyl (C=O) groups excluding carboxylic acids is 1. The summed E-state index contributed by atoms with van der Waals surface area (Å²) in [5.41, 5.74) is 4.97. The van der Waals surface area contributed by atoms with E-state index < -0.39 is 5.41 Å². The standard InChI is InChI=1S/C24H26N2O3/c1-2-26-19-7-5-6-17(14-25-9-3-4-10-25)22(19)24(23(26)27)15-29-21-13-20-16(8-11-28-20)12-18(21)24/h5-7,12-13H,2-4,8-11,14-15H2,1H3. The van der Waals surface area contributed by atoms with Gasteiger partial charge in [0.2, 0.25) is 5.91 Å². The summed E-state index contributed by atoms with van der Waals surface area (Å²) < 4.78 is 11.9. The molecule has 5 heteroatoms. The van der Waals surface area contributed by atoms with Crippen molar-refractivity contribution < 1.29 is 14.3 Å². The molecule has 0 aromatic heterocycles. The molecule has 4 aliphatic heterocycles. The third-order valence-corrected chi connectivity index (χ3v) is 7.06. The molecular formula is C24H26N2O3. The number of ether oxygens (including phenoxy) is 2. The fourth-order valence-corrected chi connectivity index (χ4v) is 5.69. The van der Waals surface area contributed by atoms with Crippen LogP contribution in [-0.2, 0) is 23.2 Å². The average Bonchev–Trinajstić information content (AvgIpc) is 3.50. The van der Waals surface area contributed by atoms with Crippen LogP contribution in [0.4, 0.5) is 5.69 Å². The molecule has 6 rings (SSSR count). The topological polar surface area (TPSA) is 42.0 Å². The van der Waals surface area contributed by atoms with Crippen LogP contribution < -0.4 is 14.4 Å². The van der Waals surface area contributed by atoms with Gasteiger partial charge in [-0.05, 0) is 56.1 Å². The highest BCUT2D eigenvalue weighted by atomic mass is 16.5. The number of hydrogen-bond acceptors (Lipinski definition) is 4. The number of likely N-dealkylation sites (tertiary alicyclic amines) is 1. The van der Waals surface area contributed by atoms with E-state index in [-0.39, 0.29) is 5.91 Å². The van der Waals surface area contributed by atoms with Gasteiger partial charge in [0.25, 0.3) is 0 Å². The van der Waals surface area contributed by atoms with E-state index in [1.54, 1.807) is 0 Å². The predicted molar refractivity (Wildman–Crippen MR) is 111 cm³/mol. The summed E-state index contributed by atoms with van der Waals surface area (Å²) >= 11 is 0. The normalized spacial score (nSPS) is 24.6. The van der Waals surface area contributed by atoms with E-state index >= 15 is 0 Å². The Morgan fingerprint density at radius 2 is 1.97 bits per heavy atom. The molecule has 4 heterocycles. The fraction of sp³-hybridized carbons (Fsp3) is 0.458. The number of carbonyl (C=O) groups is 1. The van der Waals surface area contributed by atoms with E-state index in [0.717, 1.165) is 54.4 Å². The lowest BCUT2D eigenvalue weighted by Crippen LogP contribution is -2.43. The molecule has 1 unspecified atom stereocenters. The van der Waals surface area contributed by atoms with E-state index in [4.69, 9.17) is 9.47 Å². The van der Waals surface area contributed by atoms with Gasteiger partial charge in [-0.3, -0.25) is 9.69 Å². The number of amides is 1. The van der Waals surface area contributed by atoms with Gasteiger partial charge in [-0.2, -0.15) is 0 Å². The Morgan fingerprint density at radius 1 is 1.10 bits per heavy atom. The Labute approximate surface area is 171 Å². The van der Waals surface area contributed by atoms with E-state index in [1.807, 2.05) is 11.0 Å². The summed E-state index contributed by atoms with van der Waals surface area (Å²) in [6.45, 7) is 6.99. The van der Waals surface area contributed by atoms with E-state index in [9.17, 15) is 4.79 Å². The van der Waals surface area contributed by atoms with Crippen LogP contribution in [0.1, 0.15) is 42.0 Å². The average molecular weight is 390 g/mol. The lowest BCUT2D eigenvalue weighted by atomic mass is 9.74. The number of hydrogen-bond donors (Lipinski definition) is 0. The van der Waals surface area contributed by atoms with Crippen LogP contribution in [-0.4, -0.2) is 43.7 Å². The summed E-state index contributed by atoms with van der Waals surface area (Å²) in [4.78, 5) is 18.3. The second-order valence-electron chi connectivity index (χ2n) is 8.59. The van der Waals surface area contributed by atoms with Crippen molar-refractivity contribution in [3.63, 3.8) is 0 Å². The molecule has 1 spiro atoms. The number of anilines is 1. The molecule has 0 radical (unpaired) electrons. The molecule has 2 aromatic carbocycles. The monoisotopic (exact) mass is 390 g/mol. The molecule has 150 valence electrons. The second kappa shape index (κ2) is 6.23. The van der Waals surface area contributed by atoms with Gasteiger partial charge < -0.3 is 14.4 Å². The fourth-order valence-electron chi connectivity index (χ4n) is 5.69. The van der Waals surface area contributed by atoms with Crippen LogP contribution in [0, 0.1) is 0 Å². The first kappa shape index (κ1) is 17.3. The molecular weight excluding hydrogens is 364 g/mol. The molecule has 0 aliphatic carbocycles. The Hall–Kier alpha value is -2.53. The van der Waals surface area contributed by atoms with Crippen molar-refractivity contribution in [3.8, 4) is 11.5 Å². The quantitative estimate of drug-likeness (QED) is 0.807. The molecule has 0 saturated carbocycles. The van der Waals surface area contributed by atoms with E-state index in [2.05, 4.69) is 36.1 Å². The highest BCUT2D eigenvalue weighted by molar-refractivity contribution is 6.12. The Morgan fingerprint density at radius 3 is 2.79 bits per heavy atom. The summed E-state index contributed by atoms with van der Waals surface area (Å²) in [5.74, 6) is 1.87. The van der Waals surface area contributed by atoms with Crippen molar-refractivity contribution in [2.75, 3.05) is 37.7 Å². The van der Waals surface area contributed by atoms with Gasteiger partial charge in [0.1, 0.15) is 23.5 Å². The molecule has 1 fully saturated rings. The van der Waals surface area contributed by atoms with Gasteiger partial charge in [0, 0.05) is 42.4 Å². The minimum atomic E-state index is -0.728. The maximum absolute atomic E-state index is 13.9. The highest BCUT2D eigenvalue weighted by Gasteiger charge is 2.57. The van der Waals surface area contributed by atoms with Crippen LogP contribution in [0.25, 0.3) is 0 Å². The van der Waals surface area contributed by atoms with Crippen LogP contribution >= 0.6 is 0 Å². The lowest BCUT2D eigenvalue weighted by molar-refractivity contribution is -0.122. The van der Waals surface area contributed by atoms with Crippen LogP contribution in [0.5, 0.6) is 11.5 Å². The van der Waals surface area contributed by atoms with E-state index in [0.29, 0.717) is 19.8 Å². The molecule has 1 atom stereocenters. The Kier molecular flexibility index (Phi) is 3.73. The van der Waals surface area contributed by atoms with Crippen LogP contribution in [0.2, 0.25) is 0 Å². The number of likely N-dealkylation sites (N-methyl/N-ethyl adjacent to an activating group) is 1. The van der Waals surface area contributed by atoms with Crippen LogP contribution in [0.15, 0.2) is 30.3 Å². The van der Waals surface area contributed by atoms with Gasteiger partial charge >= 0.3 is 0 Å². The zero-order valence-corrected chi connectivity index (χ0v) is 16.9. The number of nitrogens with zero attached hydrogens (tertiary/aromatic N) is 2. The first-order chi connectivity index (χ1) is 14.2. The SMILES string of the molecule is CCN1C(=O)C2(COc3cc4c(cc32)CCO4)c2c(CN3CCCC3)cccc21. The minimum Gasteiger partial charge on any atom is -0.493 e. The maximum Gasteiger partial charge on any atom is 0.245 e. The Bertz CT molecular complexity index is 1010. The third-order valence-electron chi connectivity index (χ3n) is 7.06. The molecule has 4 aliphatic rings. The Balaban J connectivity index is 1.55. The molecule has 5 nitrogen and oxygen atoms in total. The van der Waals surface area contributed by atoms with Gasteiger partial charge in [-0.1, -0.05) is 12.1 Å². The van der Waals surface area contributed by atoms with Crippen molar-refractivity contribution in [1.29, 1.82) is 0 Å². The zero-order valence-electron chi connectivity index (χ0n) is 16.9. The van der Waals surface area contributed by atoms with Crippen LogP contribution in [0.3, 0.4) is 0 Å². The van der Waals surface area contributed by atoms with Gasteiger partial charge in [0.05, 0.1) is 6.61 Å². The van der Waals surface area contributed by atoms with Crippen molar-refractivity contribution in [1.82, 2.24) is 4.90 Å².